The SMILES string of the molecule is CCc1cc(=O)oc2cc(OC(C)C(=O)N3CCC(CCOC)CC3)ccc12. The van der Waals surface area contributed by atoms with E-state index in [0.717, 1.165) is 56.3 Å². The molecule has 1 aromatic heterocycles. The summed E-state index contributed by atoms with van der Waals surface area (Å²) in [5.41, 5.74) is 1.06. The third kappa shape index (κ3) is 4.73. The Morgan fingerprint density at radius 3 is 2.71 bits per heavy atom. The standard InChI is InChI=1S/C22H29NO5/c1-4-17-13-21(24)28-20-14-18(5-6-19(17)20)27-15(2)22(25)23-10-7-16(8-11-23)9-12-26-3/h5-6,13-16H,4,7-12H2,1-3H3. The Balaban J connectivity index is 1.63. The van der Waals surface area contributed by atoms with Crippen LogP contribution in [-0.2, 0) is 16.0 Å². The zero-order valence-electron chi connectivity index (χ0n) is 16.9. The minimum atomic E-state index is -0.589. The van der Waals surface area contributed by atoms with Gasteiger partial charge in [-0.2, -0.15) is 0 Å². The van der Waals surface area contributed by atoms with Crippen LogP contribution in [0.5, 0.6) is 5.75 Å². The first-order valence-electron chi connectivity index (χ1n) is 10.0. The molecule has 6 nitrogen and oxygen atoms in total. The van der Waals surface area contributed by atoms with Crippen molar-refractivity contribution in [1.82, 2.24) is 4.90 Å². The molecular formula is C22H29NO5. The Labute approximate surface area is 165 Å². The Hall–Kier alpha value is -2.34. The highest BCUT2D eigenvalue weighted by Gasteiger charge is 2.27. The largest absolute Gasteiger partial charge is 0.481 e. The van der Waals surface area contributed by atoms with Crippen molar-refractivity contribution in [3.63, 3.8) is 0 Å². The number of aryl methyl sites for hydroxylation is 1. The number of carbonyl (C=O) groups is 1. The highest BCUT2D eigenvalue weighted by atomic mass is 16.5. The van der Waals surface area contributed by atoms with Gasteiger partial charge < -0.3 is 18.8 Å². The van der Waals surface area contributed by atoms with E-state index in [1.807, 2.05) is 24.0 Å². The highest BCUT2D eigenvalue weighted by Crippen LogP contribution is 2.25. The van der Waals surface area contributed by atoms with Crippen LogP contribution in [0.1, 0.15) is 38.7 Å². The van der Waals surface area contributed by atoms with Crippen LogP contribution in [0.25, 0.3) is 11.0 Å². The summed E-state index contributed by atoms with van der Waals surface area (Å²) in [6.07, 6.45) is 3.21. The molecule has 1 aromatic carbocycles. The zero-order valence-corrected chi connectivity index (χ0v) is 16.9. The van der Waals surface area contributed by atoms with Crippen molar-refractivity contribution in [3.8, 4) is 5.75 Å². The number of hydrogen-bond donors (Lipinski definition) is 0. The van der Waals surface area contributed by atoms with Gasteiger partial charge in [-0.3, -0.25) is 4.79 Å². The molecule has 1 aliphatic rings. The highest BCUT2D eigenvalue weighted by molar-refractivity contribution is 5.83. The predicted molar refractivity (Wildman–Crippen MR) is 108 cm³/mol. The first kappa shape index (κ1) is 20.4. The third-order valence-electron chi connectivity index (χ3n) is 5.50. The first-order chi connectivity index (χ1) is 13.5. The molecule has 1 saturated heterocycles. The maximum Gasteiger partial charge on any atom is 0.336 e. The average Bonchev–Trinajstić information content (AvgIpc) is 2.71. The number of hydrogen-bond acceptors (Lipinski definition) is 5. The van der Waals surface area contributed by atoms with E-state index in [1.165, 1.54) is 6.07 Å². The van der Waals surface area contributed by atoms with Crippen molar-refractivity contribution < 1.29 is 18.7 Å². The fourth-order valence-corrected chi connectivity index (χ4v) is 3.81. The average molecular weight is 387 g/mol. The van der Waals surface area contributed by atoms with E-state index in [-0.39, 0.29) is 11.5 Å². The lowest BCUT2D eigenvalue weighted by atomic mass is 9.94. The van der Waals surface area contributed by atoms with E-state index in [1.54, 1.807) is 20.1 Å². The lowest BCUT2D eigenvalue weighted by molar-refractivity contribution is -0.139. The third-order valence-corrected chi connectivity index (χ3v) is 5.50. The number of amides is 1. The summed E-state index contributed by atoms with van der Waals surface area (Å²) in [7, 11) is 1.72. The zero-order chi connectivity index (χ0) is 20.1. The molecule has 0 aliphatic carbocycles. The topological polar surface area (TPSA) is 69.0 Å². The summed E-state index contributed by atoms with van der Waals surface area (Å²) in [5.74, 6) is 1.14. The van der Waals surface area contributed by atoms with E-state index in [2.05, 4.69) is 0 Å². The molecule has 1 fully saturated rings. The summed E-state index contributed by atoms with van der Waals surface area (Å²) in [4.78, 5) is 26.4. The molecule has 1 atom stereocenters. The number of benzene rings is 1. The number of likely N-dealkylation sites (tertiary alicyclic amines) is 1. The van der Waals surface area contributed by atoms with Crippen molar-refractivity contribution in [1.29, 1.82) is 0 Å². The van der Waals surface area contributed by atoms with Gasteiger partial charge in [0.15, 0.2) is 6.10 Å². The molecule has 0 N–H and O–H groups in total. The minimum Gasteiger partial charge on any atom is -0.481 e. The van der Waals surface area contributed by atoms with Gasteiger partial charge in [0.05, 0.1) is 0 Å². The van der Waals surface area contributed by atoms with Gasteiger partial charge in [-0.25, -0.2) is 4.79 Å². The van der Waals surface area contributed by atoms with Gasteiger partial charge in [0.1, 0.15) is 11.3 Å². The van der Waals surface area contributed by atoms with Crippen LogP contribution >= 0.6 is 0 Å². The van der Waals surface area contributed by atoms with Crippen molar-refractivity contribution in [2.45, 2.75) is 45.6 Å². The fraction of sp³-hybridized carbons (Fsp3) is 0.545. The quantitative estimate of drug-likeness (QED) is 0.681. The second-order valence-electron chi connectivity index (χ2n) is 7.41. The number of nitrogens with zero attached hydrogens (tertiary/aromatic N) is 1. The fourth-order valence-electron chi connectivity index (χ4n) is 3.81. The van der Waals surface area contributed by atoms with Crippen molar-refractivity contribution in [2.24, 2.45) is 5.92 Å². The summed E-state index contributed by atoms with van der Waals surface area (Å²) in [5, 5.41) is 0.895. The van der Waals surface area contributed by atoms with Crippen LogP contribution in [0.2, 0.25) is 0 Å². The summed E-state index contributed by atoms with van der Waals surface area (Å²) < 4.78 is 16.3. The first-order valence-corrected chi connectivity index (χ1v) is 10.0. The monoisotopic (exact) mass is 387 g/mol. The smallest absolute Gasteiger partial charge is 0.336 e. The molecule has 2 heterocycles. The van der Waals surface area contributed by atoms with Crippen LogP contribution in [0.4, 0.5) is 0 Å². The molecule has 0 bridgehead atoms. The molecule has 28 heavy (non-hydrogen) atoms. The van der Waals surface area contributed by atoms with Gasteiger partial charge in [-0.15, -0.1) is 0 Å². The molecule has 1 unspecified atom stereocenters. The number of piperidine rings is 1. The number of carbonyl (C=O) groups excluding carboxylic acids is 1. The second kappa shape index (κ2) is 9.24. The Morgan fingerprint density at radius 2 is 2.04 bits per heavy atom. The maximum absolute atomic E-state index is 12.7. The summed E-state index contributed by atoms with van der Waals surface area (Å²) in [6, 6.07) is 6.91. The van der Waals surface area contributed by atoms with Crippen LogP contribution in [0.3, 0.4) is 0 Å². The minimum absolute atomic E-state index is 0.00551. The Kier molecular flexibility index (Phi) is 6.73. The summed E-state index contributed by atoms with van der Waals surface area (Å²) in [6.45, 7) is 6.05. The van der Waals surface area contributed by atoms with E-state index >= 15 is 0 Å². The van der Waals surface area contributed by atoms with Gasteiger partial charge in [0.2, 0.25) is 0 Å². The molecule has 2 aromatic rings. The number of methoxy groups -OCH3 is 1. The van der Waals surface area contributed by atoms with Crippen LogP contribution in [0.15, 0.2) is 33.5 Å². The Bertz CT molecular complexity index is 867. The lowest BCUT2D eigenvalue weighted by Crippen LogP contribution is -2.44. The van der Waals surface area contributed by atoms with E-state index in [4.69, 9.17) is 13.9 Å². The molecule has 0 saturated carbocycles. The second-order valence-corrected chi connectivity index (χ2v) is 7.41. The van der Waals surface area contributed by atoms with Gasteiger partial charge in [0.25, 0.3) is 5.91 Å². The Morgan fingerprint density at radius 1 is 1.29 bits per heavy atom. The molecule has 0 radical (unpaired) electrons. The number of rotatable bonds is 7. The van der Waals surface area contributed by atoms with Crippen LogP contribution in [-0.4, -0.2) is 43.7 Å². The van der Waals surface area contributed by atoms with Gasteiger partial charge >= 0.3 is 5.63 Å². The number of fused-ring (bicyclic) bond motifs is 1. The van der Waals surface area contributed by atoms with Crippen LogP contribution < -0.4 is 10.4 Å². The molecule has 1 aliphatic heterocycles. The van der Waals surface area contributed by atoms with Gasteiger partial charge in [-0.05, 0) is 56.2 Å². The van der Waals surface area contributed by atoms with Gasteiger partial charge in [0, 0.05) is 44.3 Å². The van der Waals surface area contributed by atoms with E-state index in [0.29, 0.717) is 17.3 Å². The van der Waals surface area contributed by atoms with Crippen molar-refractivity contribution in [3.05, 3.63) is 40.2 Å². The van der Waals surface area contributed by atoms with E-state index < -0.39 is 6.10 Å². The predicted octanol–water partition coefficient (Wildman–Crippen LogP) is 3.40. The van der Waals surface area contributed by atoms with E-state index in [9.17, 15) is 9.59 Å². The lowest BCUT2D eigenvalue weighted by Gasteiger charge is -2.33. The maximum atomic E-state index is 12.7. The molecule has 1 amide bonds. The number of ether oxygens (including phenoxy) is 2. The normalized spacial score (nSPS) is 16.3. The van der Waals surface area contributed by atoms with Crippen LogP contribution in [0, 0.1) is 5.92 Å². The molecule has 3 rings (SSSR count). The molecule has 6 heteroatoms. The van der Waals surface area contributed by atoms with Crippen molar-refractivity contribution >= 4 is 16.9 Å². The summed E-state index contributed by atoms with van der Waals surface area (Å²) >= 11 is 0. The van der Waals surface area contributed by atoms with Crippen molar-refractivity contribution in [2.75, 3.05) is 26.8 Å². The molecule has 152 valence electrons. The van der Waals surface area contributed by atoms with Gasteiger partial charge in [-0.1, -0.05) is 6.92 Å². The molecular weight excluding hydrogens is 358 g/mol. The molecule has 0 spiro atoms.